The normalized spacial score (nSPS) is 12.3. The van der Waals surface area contributed by atoms with Crippen molar-refractivity contribution in [3.05, 3.63) is 35.9 Å². The third-order valence-corrected chi connectivity index (χ3v) is 5.91. The molecule has 1 aromatic rings. The lowest BCUT2D eigenvalue weighted by Crippen LogP contribution is -2.17. The minimum atomic E-state index is -0.0122. The predicted octanol–water partition coefficient (Wildman–Crippen LogP) is 8.22. The molecule has 0 heterocycles. The fourth-order valence-corrected chi connectivity index (χ4v) is 3.94. The topological polar surface area (TPSA) is 29.5 Å². The quantitative estimate of drug-likeness (QED) is 0.209. The van der Waals surface area contributed by atoms with Crippen LogP contribution in [-0.4, -0.2) is 17.8 Å². The van der Waals surface area contributed by atoms with Gasteiger partial charge in [-0.05, 0) is 12.0 Å². The maximum atomic E-state index is 9.50. The van der Waals surface area contributed by atoms with E-state index in [0.29, 0.717) is 6.61 Å². The van der Waals surface area contributed by atoms with Crippen LogP contribution in [0.1, 0.15) is 122 Å². The number of aliphatic hydroxyl groups is 1. The third kappa shape index (κ3) is 16.6. The molecule has 168 valence electrons. The molecule has 0 fully saturated rings. The zero-order valence-corrected chi connectivity index (χ0v) is 19.3. The Hall–Kier alpha value is -0.860. The van der Waals surface area contributed by atoms with E-state index in [4.69, 9.17) is 4.74 Å². The fraction of sp³-hybridized carbons (Fsp3) is 0.778. The Morgan fingerprint density at radius 2 is 1.10 bits per heavy atom. The summed E-state index contributed by atoms with van der Waals surface area (Å²) in [6.07, 6.45) is 23.2. The summed E-state index contributed by atoms with van der Waals surface area (Å²) >= 11 is 0. The zero-order chi connectivity index (χ0) is 20.8. The van der Waals surface area contributed by atoms with Crippen LogP contribution in [0.2, 0.25) is 0 Å². The second-order valence-corrected chi connectivity index (χ2v) is 8.69. The van der Waals surface area contributed by atoms with Gasteiger partial charge in [0.2, 0.25) is 0 Å². The molecule has 0 bridgehead atoms. The first-order valence-corrected chi connectivity index (χ1v) is 12.6. The molecule has 0 aromatic heterocycles. The predicted molar refractivity (Wildman–Crippen MR) is 126 cm³/mol. The molecule has 0 amide bonds. The van der Waals surface area contributed by atoms with E-state index in [0.717, 1.165) is 12.8 Å². The number of aliphatic hydroxyl groups excluding tert-OH is 1. The van der Waals surface area contributed by atoms with E-state index in [-0.39, 0.29) is 12.7 Å². The summed E-state index contributed by atoms with van der Waals surface area (Å²) in [6.45, 7) is 3.02. The summed E-state index contributed by atoms with van der Waals surface area (Å²) in [6, 6.07) is 10.2. The lowest BCUT2D eigenvalue weighted by atomic mass is 10.0. The van der Waals surface area contributed by atoms with Gasteiger partial charge in [-0.3, -0.25) is 0 Å². The van der Waals surface area contributed by atoms with Gasteiger partial charge in [-0.25, -0.2) is 0 Å². The highest BCUT2D eigenvalue weighted by atomic mass is 16.5. The van der Waals surface area contributed by atoms with Crippen LogP contribution in [0.15, 0.2) is 30.3 Å². The summed E-state index contributed by atoms with van der Waals surface area (Å²) in [5.74, 6) is 0. The van der Waals surface area contributed by atoms with Crippen molar-refractivity contribution in [1.82, 2.24) is 0 Å². The SMILES string of the molecule is CCCCCCCCCCCCCCCCCCC(CO)OCc1ccccc1. The van der Waals surface area contributed by atoms with Crippen molar-refractivity contribution >= 4 is 0 Å². The Morgan fingerprint density at radius 1 is 0.655 bits per heavy atom. The van der Waals surface area contributed by atoms with E-state index in [9.17, 15) is 5.11 Å². The van der Waals surface area contributed by atoms with E-state index < -0.39 is 0 Å². The molecular weight excluding hydrogens is 356 g/mol. The molecule has 0 radical (unpaired) electrons. The number of rotatable bonds is 21. The van der Waals surface area contributed by atoms with Crippen molar-refractivity contribution in [2.45, 2.75) is 129 Å². The van der Waals surface area contributed by atoms with Gasteiger partial charge in [-0.15, -0.1) is 0 Å². The second-order valence-electron chi connectivity index (χ2n) is 8.69. The first-order chi connectivity index (χ1) is 14.4. The van der Waals surface area contributed by atoms with Crippen LogP contribution in [0.25, 0.3) is 0 Å². The Morgan fingerprint density at radius 3 is 1.55 bits per heavy atom. The van der Waals surface area contributed by atoms with Crippen LogP contribution in [0.4, 0.5) is 0 Å². The number of hydrogen-bond donors (Lipinski definition) is 1. The van der Waals surface area contributed by atoms with E-state index in [1.807, 2.05) is 18.2 Å². The molecule has 0 saturated carbocycles. The molecule has 1 atom stereocenters. The highest BCUT2D eigenvalue weighted by molar-refractivity contribution is 5.13. The fourth-order valence-electron chi connectivity index (χ4n) is 3.94. The smallest absolute Gasteiger partial charge is 0.0810 e. The molecular formula is C27H48O2. The molecule has 1 rings (SSSR count). The van der Waals surface area contributed by atoms with Crippen molar-refractivity contribution in [1.29, 1.82) is 0 Å². The van der Waals surface area contributed by atoms with Gasteiger partial charge in [0.05, 0.1) is 19.3 Å². The summed E-state index contributed by atoms with van der Waals surface area (Å²) in [5, 5.41) is 9.50. The summed E-state index contributed by atoms with van der Waals surface area (Å²) in [5.41, 5.74) is 1.18. The third-order valence-electron chi connectivity index (χ3n) is 5.91. The first kappa shape index (κ1) is 26.2. The molecule has 0 aliphatic carbocycles. The van der Waals surface area contributed by atoms with E-state index in [2.05, 4.69) is 19.1 Å². The highest BCUT2D eigenvalue weighted by Gasteiger charge is 2.07. The van der Waals surface area contributed by atoms with Gasteiger partial charge in [0.25, 0.3) is 0 Å². The van der Waals surface area contributed by atoms with Crippen LogP contribution in [0.3, 0.4) is 0 Å². The largest absolute Gasteiger partial charge is 0.394 e. The van der Waals surface area contributed by atoms with Crippen LogP contribution in [0.5, 0.6) is 0 Å². The molecule has 0 saturated heterocycles. The summed E-state index contributed by atoms with van der Waals surface area (Å²) in [7, 11) is 0. The zero-order valence-electron chi connectivity index (χ0n) is 19.3. The maximum absolute atomic E-state index is 9.50. The van der Waals surface area contributed by atoms with E-state index in [1.165, 1.54) is 102 Å². The Bertz CT molecular complexity index is 431. The minimum Gasteiger partial charge on any atom is -0.394 e. The Balaban J connectivity index is 1.81. The van der Waals surface area contributed by atoms with Gasteiger partial charge in [0.1, 0.15) is 0 Å². The monoisotopic (exact) mass is 404 g/mol. The number of benzene rings is 1. The molecule has 2 heteroatoms. The van der Waals surface area contributed by atoms with Crippen molar-refractivity contribution in [2.24, 2.45) is 0 Å². The first-order valence-electron chi connectivity index (χ1n) is 12.6. The lowest BCUT2D eigenvalue weighted by molar-refractivity contribution is -0.00348. The summed E-state index contributed by atoms with van der Waals surface area (Å²) in [4.78, 5) is 0. The molecule has 1 unspecified atom stereocenters. The molecule has 1 aromatic carbocycles. The van der Waals surface area contributed by atoms with Crippen LogP contribution >= 0.6 is 0 Å². The minimum absolute atomic E-state index is 0.0122. The van der Waals surface area contributed by atoms with Crippen molar-refractivity contribution in [2.75, 3.05) is 6.61 Å². The number of unbranched alkanes of at least 4 members (excludes halogenated alkanes) is 15. The highest BCUT2D eigenvalue weighted by Crippen LogP contribution is 2.15. The van der Waals surface area contributed by atoms with Gasteiger partial charge in [0, 0.05) is 0 Å². The number of ether oxygens (including phenoxy) is 1. The Kier molecular flexibility index (Phi) is 18.4. The average Bonchev–Trinajstić information content (AvgIpc) is 2.76. The lowest BCUT2D eigenvalue weighted by Gasteiger charge is -2.15. The van der Waals surface area contributed by atoms with Gasteiger partial charge in [0.15, 0.2) is 0 Å². The van der Waals surface area contributed by atoms with Gasteiger partial charge in [-0.1, -0.05) is 140 Å². The molecule has 2 nitrogen and oxygen atoms in total. The maximum Gasteiger partial charge on any atom is 0.0810 e. The van der Waals surface area contributed by atoms with Crippen LogP contribution < -0.4 is 0 Å². The van der Waals surface area contributed by atoms with Crippen molar-refractivity contribution in [3.63, 3.8) is 0 Å². The molecule has 0 aliphatic rings. The van der Waals surface area contributed by atoms with Crippen molar-refractivity contribution in [3.8, 4) is 0 Å². The van der Waals surface area contributed by atoms with E-state index >= 15 is 0 Å². The van der Waals surface area contributed by atoms with Gasteiger partial charge < -0.3 is 9.84 Å². The van der Waals surface area contributed by atoms with Crippen molar-refractivity contribution < 1.29 is 9.84 Å². The van der Waals surface area contributed by atoms with Crippen LogP contribution in [-0.2, 0) is 11.3 Å². The molecule has 0 aliphatic heterocycles. The average molecular weight is 405 g/mol. The summed E-state index contributed by atoms with van der Waals surface area (Å²) < 4.78 is 5.85. The standard InChI is InChI=1S/C27H48O2/c1-2-3-4-5-6-7-8-9-10-11-12-13-14-15-16-20-23-27(24-28)29-25-26-21-18-17-19-22-26/h17-19,21-22,27-28H,2-16,20,23-25H2,1H3. The molecule has 1 N–H and O–H groups in total. The Labute approximate surface area is 181 Å². The van der Waals surface area contributed by atoms with Gasteiger partial charge in [-0.2, -0.15) is 0 Å². The second kappa shape index (κ2) is 20.4. The molecule has 29 heavy (non-hydrogen) atoms. The number of hydrogen-bond acceptors (Lipinski definition) is 2. The van der Waals surface area contributed by atoms with Crippen LogP contribution in [0, 0.1) is 0 Å². The van der Waals surface area contributed by atoms with Gasteiger partial charge >= 0.3 is 0 Å². The molecule has 0 spiro atoms. The van der Waals surface area contributed by atoms with E-state index in [1.54, 1.807) is 0 Å².